The third-order valence-corrected chi connectivity index (χ3v) is 3.59. The highest BCUT2D eigenvalue weighted by Gasteiger charge is 2.06. The Balaban J connectivity index is 1.65. The van der Waals surface area contributed by atoms with Gasteiger partial charge in [0.05, 0.1) is 24.0 Å². The number of hydrogen-bond acceptors (Lipinski definition) is 3. The maximum atomic E-state index is 4.65. The molecule has 0 bridgehead atoms. The maximum Gasteiger partial charge on any atom is 0.131 e. The Kier molecular flexibility index (Phi) is 3.12. The Labute approximate surface area is 128 Å². The highest BCUT2D eigenvalue weighted by Crippen LogP contribution is 2.18. The van der Waals surface area contributed by atoms with Gasteiger partial charge < -0.3 is 0 Å². The molecule has 22 heavy (non-hydrogen) atoms. The van der Waals surface area contributed by atoms with Crippen LogP contribution in [0, 0.1) is 0 Å². The summed E-state index contributed by atoms with van der Waals surface area (Å²) in [5.41, 5.74) is 3.81. The van der Waals surface area contributed by atoms with E-state index in [1.165, 1.54) is 5.56 Å². The SMILES string of the molecule is c1ccc(Cn2cc(-c3ccc4ccccc4n3)nn2)cc1. The van der Waals surface area contributed by atoms with Crippen molar-refractivity contribution in [3.05, 3.63) is 78.5 Å². The second-order valence-electron chi connectivity index (χ2n) is 5.18. The predicted octanol–water partition coefficient (Wildman–Crippen LogP) is 3.54. The van der Waals surface area contributed by atoms with Crippen LogP contribution >= 0.6 is 0 Å². The van der Waals surface area contributed by atoms with Gasteiger partial charge in [-0.2, -0.15) is 0 Å². The molecule has 0 N–H and O–H groups in total. The zero-order valence-electron chi connectivity index (χ0n) is 11.9. The molecule has 4 rings (SSSR count). The average Bonchev–Trinajstić information content (AvgIpc) is 3.04. The maximum absolute atomic E-state index is 4.65. The van der Waals surface area contributed by atoms with Crippen LogP contribution in [0.4, 0.5) is 0 Å². The zero-order chi connectivity index (χ0) is 14.8. The largest absolute Gasteiger partial charge is 0.247 e. The molecule has 106 valence electrons. The van der Waals surface area contributed by atoms with Gasteiger partial charge in [0.15, 0.2) is 0 Å². The van der Waals surface area contributed by atoms with E-state index >= 15 is 0 Å². The van der Waals surface area contributed by atoms with Gasteiger partial charge in [0.25, 0.3) is 0 Å². The van der Waals surface area contributed by atoms with Crippen molar-refractivity contribution in [1.29, 1.82) is 0 Å². The van der Waals surface area contributed by atoms with Crippen molar-refractivity contribution in [2.75, 3.05) is 0 Å². The van der Waals surface area contributed by atoms with Gasteiger partial charge in [-0.15, -0.1) is 5.10 Å². The summed E-state index contributed by atoms with van der Waals surface area (Å²) >= 11 is 0. The first kappa shape index (κ1) is 12.7. The summed E-state index contributed by atoms with van der Waals surface area (Å²) in [5.74, 6) is 0. The summed E-state index contributed by atoms with van der Waals surface area (Å²) < 4.78 is 1.83. The minimum absolute atomic E-state index is 0.710. The smallest absolute Gasteiger partial charge is 0.131 e. The summed E-state index contributed by atoms with van der Waals surface area (Å²) in [6.45, 7) is 0.710. The Bertz CT molecular complexity index is 912. The standard InChI is InChI=1S/C18H14N4/c1-2-6-14(7-3-1)12-22-13-18(20-21-22)17-11-10-15-8-4-5-9-16(15)19-17/h1-11,13H,12H2. The van der Waals surface area contributed by atoms with Crippen LogP contribution in [0.25, 0.3) is 22.3 Å². The average molecular weight is 286 g/mol. The van der Waals surface area contributed by atoms with Crippen molar-refractivity contribution in [3.8, 4) is 11.4 Å². The molecule has 4 heteroatoms. The lowest BCUT2D eigenvalue weighted by atomic mass is 10.2. The fourth-order valence-corrected chi connectivity index (χ4v) is 2.47. The fourth-order valence-electron chi connectivity index (χ4n) is 2.47. The molecule has 2 aromatic heterocycles. The molecule has 0 aliphatic carbocycles. The normalized spacial score (nSPS) is 10.9. The first-order chi connectivity index (χ1) is 10.9. The number of fused-ring (bicyclic) bond motifs is 1. The van der Waals surface area contributed by atoms with E-state index in [2.05, 4.69) is 39.6 Å². The Hall–Kier alpha value is -3.01. The van der Waals surface area contributed by atoms with E-state index in [1.54, 1.807) is 0 Å². The quantitative estimate of drug-likeness (QED) is 0.578. The zero-order valence-corrected chi connectivity index (χ0v) is 11.9. The second-order valence-corrected chi connectivity index (χ2v) is 5.18. The molecule has 2 heterocycles. The van der Waals surface area contributed by atoms with Crippen LogP contribution in [0.5, 0.6) is 0 Å². The van der Waals surface area contributed by atoms with E-state index < -0.39 is 0 Å². The van der Waals surface area contributed by atoms with Gasteiger partial charge in [-0.05, 0) is 17.7 Å². The van der Waals surface area contributed by atoms with Crippen LogP contribution < -0.4 is 0 Å². The summed E-state index contributed by atoms with van der Waals surface area (Å²) in [6, 6.07) is 22.3. The number of hydrogen-bond donors (Lipinski definition) is 0. The lowest BCUT2D eigenvalue weighted by molar-refractivity contribution is 0.650. The fraction of sp³-hybridized carbons (Fsp3) is 0.0556. The van der Waals surface area contributed by atoms with Gasteiger partial charge in [-0.3, -0.25) is 0 Å². The van der Waals surface area contributed by atoms with Gasteiger partial charge in [0.2, 0.25) is 0 Å². The number of benzene rings is 2. The Morgan fingerprint density at radius 1 is 0.773 bits per heavy atom. The summed E-state index contributed by atoms with van der Waals surface area (Å²) in [5, 5.41) is 9.56. The molecule has 0 fully saturated rings. The monoisotopic (exact) mass is 286 g/mol. The Morgan fingerprint density at radius 2 is 1.59 bits per heavy atom. The Morgan fingerprint density at radius 3 is 2.50 bits per heavy atom. The van der Waals surface area contributed by atoms with Crippen molar-refractivity contribution in [1.82, 2.24) is 20.0 Å². The molecule has 0 aliphatic heterocycles. The van der Waals surface area contributed by atoms with E-state index in [1.807, 2.05) is 53.3 Å². The van der Waals surface area contributed by atoms with Crippen LogP contribution in [0.3, 0.4) is 0 Å². The number of pyridine rings is 1. The first-order valence-corrected chi connectivity index (χ1v) is 7.19. The van der Waals surface area contributed by atoms with Crippen molar-refractivity contribution in [3.63, 3.8) is 0 Å². The van der Waals surface area contributed by atoms with Crippen molar-refractivity contribution < 1.29 is 0 Å². The minimum Gasteiger partial charge on any atom is -0.247 e. The van der Waals surface area contributed by atoms with E-state index in [0.29, 0.717) is 6.54 Å². The molecule has 0 radical (unpaired) electrons. The molecule has 4 aromatic rings. The topological polar surface area (TPSA) is 43.6 Å². The van der Waals surface area contributed by atoms with Crippen LogP contribution in [0.15, 0.2) is 72.9 Å². The second kappa shape index (κ2) is 5.41. The van der Waals surface area contributed by atoms with Gasteiger partial charge >= 0.3 is 0 Å². The van der Waals surface area contributed by atoms with Crippen LogP contribution in [-0.4, -0.2) is 20.0 Å². The van der Waals surface area contributed by atoms with Crippen molar-refractivity contribution >= 4 is 10.9 Å². The van der Waals surface area contributed by atoms with E-state index in [-0.39, 0.29) is 0 Å². The summed E-state index contributed by atoms with van der Waals surface area (Å²) in [4.78, 5) is 4.65. The van der Waals surface area contributed by atoms with Gasteiger partial charge in [-0.1, -0.05) is 59.8 Å². The van der Waals surface area contributed by atoms with Crippen LogP contribution in [0.2, 0.25) is 0 Å². The molecule has 0 saturated heterocycles. The predicted molar refractivity (Wildman–Crippen MR) is 86.3 cm³/mol. The third kappa shape index (κ3) is 2.46. The lowest BCUT2D eigenvalue weighted by Gasteiger charge is -2.00. The minimum atomic E-state index is 0.710. The molecule has 0 atom stereocenters. The highest BCUT2D eigenvalue weighted by molar-refractivity contribution is 5.80. The molecular formula is C18H14N4. The third-order valence-electron chi connectivity index (χ3n) is 3.59. The van der Waals surface area contributed by atoms with E-state index in [0.717, 1.165) is 22.3 Å². The number of rotatable bonds is 3. The van der Waals surface area contributed by atoms with E-state index in [9.17, 15) is 0 Å². The number of nitrogens with zero attached hydrogens (tertiary/aromatic N) is 4. The molecular weight excluding hydrogens is 272 g/mol. The van der Waals surface area contributed by atoms with Gasteiger partial charge in [0.1, 0.15) is 5.69 Å². The summed E-state index contributed by atoms with van der Waals surface area (Å²) in [7, 11) is 0. The van der Waals surface area contributed by atoms with Crippen LogP contribution in [0.1, 0.15) is 5.56 Å². The molecule has 0 unspecified atom stereocenters. The molecule has 0 amide bonds. The van der Waals surface area contributed by atoms with Crippen molar-refractivity contribution in [2.45, 2.75) is 6.54 Å². The highest BCUT2D eigenvalue weighted by atomic mass is 15.4. The lowest BCUT2D eigenvalue weighted by Crippen LogP contribution is -1.99. The molecule has 0 spiro atoms. The van der Waals surface area contributed by atoms with E-state index in [4.69, 9.17) is 0 Å². The van der Waals surface area contributed by atoms with Gasteiger partial charge in [-0.25, -0.2) is 9.67 Å². The number of aromatic nitrogens is 4. The molecule has 4 nitrogen and oxygen atoms in total. The van der Waals surface area contributed by atoms with Gasteiger partial charge in [0, 0.05) is 5.39 Å². The number of para-hydroxylation sites is 1. The molecule has 2 aromatic carbocycles. The first-order valence-electron chi connectivity index (χ1n) is 7.19. The molecule has 0 saturated carbocycles. The van der Waals surface area contributed by atoms with Crippen molar-refractivity contribution in [2.24, 2.45) is 0 Å². The van der Waals surface area contributed by atoms with Crippen LogP contribution in [-0.2, 0) is 6.54 Å². The summed E-state index contributed by atoms with van der Waals surface area (Å²) in [6.07, 6.45) is 1.93. The molecule has 0 aliphatic rings.